The van der Waals surface area contributed by atoms with Crippen LogP contribution in [0.1, 0.15) is 62.5 Å². The lowest BCUT2D eigenvalue weighted by Gasteiger charge is -2.33. The first kappa shape index (κ1) is 16.3. The van der Waals surface area contributed by atoms with Gasteiger partial charge in [-0.3, -0.25) is 14.6 Å². The number of aliphatic imine (C=N–C) groups is 1. The third-order valence-electron chi connectivity index (χ3n) is 5.89. The summed E-state index contributed by atoms with van der Waals surface area (Å²) in [5, 5.41) is 0. The quantitative estimate of drug-likeness (QED) is 0.791. The molecule has 0 spiro atoms. The Morgan fingerprint density at radius 3 is 2.52 bits per heavy atom. The van der Waals surface area contributed by atoms with Crippen LogP contribution in [-0.4, -0.2) is 45.7 Å². The summed E-state index contributed by atoms with van der Waals surface area (Å²) in [6.07, 6.45) is 5.54. The fourth-order valence-electron chi connectivity index (χ4n) is 4.49. The van der Waals surface area contributed by atoms with Crippen molar-refractivity contribution >= 4 is 23.7 Å². The van der Waals surface area contributed by atoms with E-state index < -0.39 is 6.04 Å². The maximum atomic E-state index is 13.1. The van der Waals surface area contributed by atoms with Crippen molar-refractivity contribution in [3.8, 4) is 0 Å². The van der Waals surface area contributed by atoms with Gasteiger partial charge < -0.3 is 0 Å². The number of rotatable bonds is 3. The molecule has 134 valence electrons. The Labute approximate surface area is 147 Å². The predicted octanol–water partition coefficient (Wildman–Crippen LogP) is 2.40. The van der Waals surface area contributed by atoms with Gasteiger partial charge in [-0.15, -0.1) is 0 Å². The first-order valence-corrected chi connectivity index (χ1v) is 9.28. The van der Waals surface area contributed by atoms with Gasteiger partial charge in [-0.05, 0) is 46.0 Å². The van der Waals surface area contributed by atoms with E-state index in [2.05, 4.69) is 18.4 Å². The maximum absolute atomic E-state index is 13.1. The fourth-order valence-corrected chi connectivity index (χ4v) is 4.49. The van der Waals surface area contributed by atoms with Crippen LogP contribution in [0.15, 0.2) is 4.99 Å². The summed E-state index contributed by atoms with van der Waals surface area (Å²) in [6.45, 7) is 6.59. The summed E-state index contributed by atoms with van der Waals surface area (Å²) < 4.78 is 4.33. The van der Waals surface area contributed by atoms with Crippen LogP contribution in [0.25, 0.3) is 0 Å². The van der Waals surface area contributed by atoms with E-state index >= 15 is 0 Å². The summed E-state index contributed by atoms with van der Waals surface area (Å²) in [7, 11) is 1.72. The van der Waals surface area contributed by atoms with Gasteiger partial charge in [0.1, 0.15) is 11.4 Å². The Balaban J connectivity index is 1.85. The molecule has 3 heterocycles. The van der Waals surface area contributed by atoms with Crippen molar-refractivity contribution in [2.45, 2.75) is 65.0 Å². The molecule has 7 nitrogen and oxygen atoms in total. The second kappa shape index (κ2) is 5.68. The number of imide groups is 1. The van der Waals surface area contributed by atoms with Crippen molar-refractivity contribution in [1.29, 1.82) is 0 Å². The molecule has 1 atom stereocenters. The highest BCUT2D eigenvalue weighted by atomic mass is 16.2. The number of carbonyl (C=O) groups excluding carboxylic acids is 2. The third kappa shape index (κ3) is 2.10. The van der Waals surface area contributed by atoms with Crippen LogP contribution in [0.3, 0.4) is 0 Å². The van der Waals surface area contributed by atoms with E-state index in [-0.39, 0.29) is 11.9 Å². The van der Waals surface area contributed by atoms with E-state index in [0.29, 0.717) is 18.4 Å². The average Bonchev–Trinajstić information content (AvgIpc) is 3.28. The molecule has 1 aromatic heterocycles. The monoisotopic (exact) mass is 344 g/mol. The molecule has 3 amide bonds. The van der Waals surface area contributed by atoms with Gasteiger partial charge >= 0.3 is 12.0 Å². The van der Waals surface area contributed by atoms with Gasteiger partial charge in [0.2, 0.25) is 11.9 Å². The van der Waals surface area contributed by atoms with Crippen molar-refractivity contribution in [1.82, 2.24) is 14.4 Å². The Kier molecular flexibility index (Phi) is 3.70. The molecule has 1 aromatic rings. The van der Waals surface area contributed by atoms with E-state index in [9.17, 15) is 9.59 Å². The Morgan fingerprint density at radius 2 is 1.88 bits per heavy atom. The molecule has 2 aliphatic heterocycles. The third-order valence-corrected chi connectivity index (χ3v) is 5.89. The number of amidine groups is 1. The molecular formula is C18H26N5O2+. The van der Waals surface area contributed by atoms with Gasteiger partial charge in [-0.25, -0.2) is 13.9 Å². The molecule has 1 aliphatic carbocycles. The number of amides is 3. The molecular weight excluding hydrogens is 318 g/mol. The van der Waals surface area contributed by atoms with Crippen molar-refractivity contribution in [3.63, 3.8) is 0 Å². The first-order chi connectivity index (χ1) is 12.0. The zero-order valence-electron chi connectivity index (χ0n) is 15.4. The fraction of sp³-hybridized carbons (Fsp3) is 0.667. The lowest BCUT2D eigenvalue weighted by atomic mass is 10.1. The average molecular weight is 344 g/mol. The van der Waals surface area contributed by atoms with Crippen LogP contribution < -0.4 is 4.57 Å². The molecule has 1 unspecified atom stereocenters. The Hall–Kier alpha value is -2.18. The van der Waals surface area contributed by atoms with Gasteiger partial charge in [-0.1, -0.05) is 11.9 Å². The lowest BCUT2D eigenvalue weighted by molar-refractivity contribution is -0.683. The van der Waals surface area contributed by atoms with Gasteiger partial charge in [0, 0.05) is 13.6 Å². The standard InChI is InChI=1S/C18H26N5O2/c1-5-10-21-16(24)14-15(20(4)18(21)25)19-17-22(13-8-6-7-9-13)11(2)12(3)23(14)17/h13-14H,5-10H2,1-4H3/q+1. The number of aromatic nitrogens is 2. The molecule has 0 N–H and O–H groups in total. The summed E-state index contributed by atoms with van der Waals surface area (Å²) in [4.78, 5) is 33.3. The highest BCUT2D eigenvalue weighted by Crippen LogP contribution is 2.38. The van der Waals surface area contributed by atoms with Gasteiger partial charge in [0.05, 0.1) is 6.04 Å². The van der Waals surface area contributed by atoms with Crippen molar-refractivity contribution in [3.05, 3.63) is 11.4 Å². The minimum Gasteiger partial charge on any atom is -0.270 e. The van der Waals surface area contributed by atoms with Crippen molar-refractivity contribution in [2.24, 2.45) is 4.99 Å². The zero-order valence-corrected chi connectivity index (χ0v) is 15.4. The number of hydrogen-bond donors (Lipinski definition) is 0. The molecule has 3 aliphatic rings. The second-order valence-electron chi connectivity index (χ2n) is 7.35. The molecule has 2 fully saturated rings. The van der Waals surface area contributed by atoms with Crippen LogP contribution in [-0.2, 0) is 4.79 Å². The molecule has 25 heavy (non-hydrogen) atoms. The number of hydrogen-bond acceptors (Lipinski definition) is 3. The van der Waals surface area contributed by atoms with Crippen LogP contribution in [0.4, 0.5) is 10.7 Å². The molecule has 0 aromatic carbocycles. The van der Waals surface area contributed by atoms with Crippen LogP contribution in [0.5, 0.6) is 0 Å². The largest absolute Gasteiger partial charge is 0.402 e. The SMILES string of the molecule is CCCN1C(=O)C2C(=Nc3n(C4CCCC4)c(C)c(C)[n+]32)N(C)C1=O. The van der Waals surface area contributed by atoms with Gasteiger partial charge in [0.25, 0.3) is 5.91 Å². The number of imidazole rings is 1. The number of likely N-dealkylation sites (N-methyl/N-ethyl adjacent to an activating group) is 1. The zero-order chi connectivity index (χ0) is 17.9. The first-order valence-electron chi connectivity index (χ1n) is 9.28. The van der Waals surface area contributed by atoms with E-state index in [1.54, 1.807) is 11.9 Å². The molecule has 4 rings (SSSR count). The minimum absolute atomic E-state index is 0.154. The maximum Gasteiger partial charge on any atom is 0.402 e. The summed E-state index contributed by atoms with van der Waals surface area (Å²) in [6, 6.07) is -0.331. The molecule has 0 radical (unpaired) electrons. The molecule has 7 heteroatoms. The van der Waals surface area contributed by atoms with E-state index in [0.717, 1.165) is 30.9 Å². The van der Waals surface area contributed by atoms with Gasteiger partial charge in [0.15, 0.2) is 0 Å². The summed E-state index contributed by atoms with van der Waals surface area (Å²) >= 11 is 0. The number of carbonyl (C=O) groups is 2. The number of nitrogens with zero attached hydrogens (tertiary/aromatic N) is 5. The van der Waals surface area contributed by atoms with Crippen LogP contribution in [0, 0.1) is 13.8 Å². The lowest BCUT2D eigenvalue weighted by Crippen LogP contribution is -2.63. The summed E-state index contributed by atoms with van der Waals surface area (Å²) in [5.41, 5.74) is 2.25. The van der Waals surface area contributed by atoms with Gasteiger partial charge in [-0.2, -0.15) is 0 Å². The smallest absolute Gasteiger partial charge is 0.270 e. The topological polar surface area (TPSA) is 61.8 Å². The minimum atomic E-state index is -0.509. The molecule has 1 saturated heterocycles. The normalized spacial score (nSPS) is 23.4. The summed E-state index contributed by atoms with van der Waals surface area (Å²) in [5.74, 6) is 1.24. The van der Waals surface area contributed by atoms with E-state index in [4.69, 9.17) is 4.99 Å². The van der Waals surface area contributed by atoms with Crippen LogP contribution >= 0.6 is 0 Å². The van der Waals surface area contributed by atoms with Crippen molar-refractivity contribution in [2.75, 3.05) is 13.6 Å². The highest BCUT2D eigenvalue weighted by Gasteiger charge is 2.54. The Bertz CT molecular complexity index is 788. The molecule has 0 bridgehead atoms. The second-order valence-corrected chi connectivity index (χ2v) is 7.35. The predicted molar refractivity (Wildman–Crippen MR) is 92.9 cm³/mol. The van der Waals surface area contributed by atoms with E-state index in [1.807, 2.05) is 11.5 Å². The van der Waals surface area contributed by atoms with E-state index in [1.165, 1.54) is 23.4 Å². The van der Waals surface area contributed by atoms with Crippen LogP contribution in [0.2, 0.25) is 0 Å². The number of urea groups is 1. The van der Waals surface area contributed by atoms with Crippen molar-refractivity contribution < 1.29 is 14.2 Å². The molecule has 1 saturated carbocycles. The Morgan fingerprint density at radius 1 is 1.20 bits per heavy atom. The number of fused-ring (bicyclic) bond motifs is 3. The highest BCUT2D eigenvalue weighted by molar-refractivity contribution is 6.19.